The van der Waals surface area contributed by atoms with Crippen LogP contribution in [0, 0.1) is 0 Å². The van der Waals surface area contributed by atoms with E-state index in [1.165, 1.54) is 51.0 Å². The number of aromatic amines is 1. The predicted octanol–water partition coefficient (Wildman–Crippen LogP) is 1.57. The second kappa shape index (κ2) is 18.2. The van der Waals surface area contributed by atoms with Gasteiger partial charge >= 0.3 is 11.9 Å². The number of esters is 1. The number of aromatic nitrogens is 5. The minimum absolute atomic E-state index is 0.143. The molecule has 0 saturated carbocycles. The Balaban J connectivity index is 1.11. The fraction of sp³-hybridized carbons (Fsp3) is 0.350. The molecule has 4 aromatic rings. The number of tetrazole rings is 1. The number of pyridine rings is 1. The van der Waals surface area contributed by atoms with Gasteiger partial charge in [-0.15, -0.1) is 16.9 Å². The number of carbonyl (C=O) groups is 6. The van der Waals surface area contributed by atoms with Crippen LogP contribution in [-0.4, -0.2) is 117 Å². The molecule has 0 spiro atoms. The Bertz CT molecular complexity index is 2460. The van der Waals surface area contributed by atoms with Gasteiger partial charge in [0.25, 0.3) is 17.4 Å². The van der Waals surface area contributed by atoms with Crippen LogP contribution in [0.15, 0.2) is 88.0 Å². The molecule has 2 aromatic heterocycles. The van der Waals surface area contributed by atoms with E-state index in [1.807, 2.05) is 0 Å². The number of nitrogens with one attached hydrogen (secondary N) is 2. The molecule has 5 atom stereocenters. The fourth-order valence-corrected chi connectivity index (χ4v) is 9.76. The van der Waals surface area contributed by atoms with Gasteiger partial charge in [-0.3, -0.25) is 33.7 Å². The lowest BCUT2D eigenvalue weighted by molar-refractivity contribution is -0.161. The van der Waals surface area contributed by atoms with Crippen molar-refractivity contribution in [3.05, 3.63) is 99.5 Å². The monoisotopic (exact) mass is 870 g/mol. The van der Waals surface area contributed by atoms with Crippen molar-refractivity contribution in [2.24, 2.45) is 12.8 Å². The van der Waals surface area contributed by atoms with Crippen LogP contribution in [0.25, 0.3) is 11.3 Å². The average Bonchev–Trinajstić information content (AvgIpc) is 3.90. The number of rotatable bonds is 14. The number of aryl methyl sites for hydroxylation is 1. The van der Waals surface area contributed by atoms with Gasteiger partial charge in [-0.1, -0.05) is 61.2 Å². The highest BCUT2D eigenvalue weighted by molar-refractivity contribution is 8.01. The maximum atomic E-state index is 14.3. The number of hydrogen-bond acceptors (Lipinski definition) is 15. The minimum atomic E-state index is -1.29. The molecule has 19 nitrogen and oxygen atoms in total. The number of carbonyl (C=O) groups excluding carboxylic acids is 5. The summed E-state index contributed by atoms with van der Waals surface area (Å²) in [6, 6.07) is 15.1. The molecule has 2 saturated heterocycles. The number of thioether (sulfide) groups is 2. The molecule has 3 aliphatic heterocycles. The van der Waals surface area contributed by atoms with Gasteiger partial charge in [0, 0.05) is 56.1 Å². The van der Waals surface area contributed by atoms with Gasteiger partial charge < -0.3 is 30.8 Å². The first-order valence-electron chi connectivity index (χ1n) is 19.2. The third kappa shape index (κ3) is 8.85. The minimum Gasteiger partial charge on any atom is -0.477 e. The number of H-pyrrole nitrogens is 1. The second-order valence-electron chi connectivity index (χ2n) is 14.5. The van der Waals surface area contributed by atoms with Gasteiger partial charge in [0.2, 0.25) is 17.0 Å². The first-order valence-corrected chi connectivity index (χ1v) is 21.3. The Morgan fingerprint density at radius 2 is 1.80 bits per heavy atom. The number of imide groups is 1. The summed E-state index contributed by atoms with van der Waals surface area (Å²) < 4.78 is 6.81. The number of ether oxygens (including phenoxy) is 1. The number of hydrogen-bond donors (Lipinski definition) is 4. The lowest BCUT2D eigenvalue weighted by Gasteiger charge is -2.53. The summed E-state index contributed by atoms with van der Waals surface area (Å²) in [6.45, 7) is 2.92. The van der Waals surface area contributed by atoms with E-state index in [9.17, 15) is 38.7 Å². The van der Waals surface area contributed by atoms with Crippen LogP contribution in [0.5, 0.6) is 0 Å². The highest BCUT2D eigenvalue weighted by atomic mass is 32.2. The van der Waals surface area contributed by atoms with Crippen LogP contribution in [0.4, 0.5) is 5.69 Å². The molecule has 2 fully saturated rings. The molecule has 0 radical (unpaired) electrons. The summed E-state index contributed by atoms with van der Waals surface area (Å²) in [4.78, 5) is 98.9. The zero-order valence-corrected chi connectivity index (χ0v) is 34.9. The molecular formula is C40H42N10O9S2. The normalized spacial score (nSPS) is 20.1. The van der Waals surface area contributed by atoms with E-state index in [2.05, 4.69) is 25.8 Å². The molecule has 0 aliphatic carbocycles. The van der Waals surface area contributed by atoms with Crippen LogP contribution in [0.2, 0.25) is 0 Å². The summed E-state index contributed by atoms with van der Waals surface area (Å²) >= 11 is 2.53. The Morgan fingerprint density at radius 3 is 2.44 bits per heavy atom. The predicted molar refractivity (Wildman–Crippen MR) is 222 cm³/mol. The zero-order chi connectivity index (χ0) is 43.5. The van der Waals surface area contributed by atoms with Crippen LogP contribution in [0.3, 0.4) is 0 Å². The number of aliphatic carboxylic acids is 1. The van der Waals surface area contributed by atoms with E-state index >= 15 is 0 Å². The zero-order valence-electron chi connectivity index (χ0n) is 33.2. The van der Waals surface area contributed by atoms with E-state index in [4.69, 9.17) is 10.5 Å². The van der Waals surface area contributed by atoms with Crippen LogP contribution < -0.4 is 21.5 Å². The molecule has 0 bridgehead atoms. The van der Waals surface area contributed by atoms with E-state index in [0.29, 0.717) is 33.2 Å². The van der Waals surface area contributed by atoms with Crippen molar-refractivity contribution in [3.8, 4) is 11.3 Å². The number of anilines is 1. The SMILES string of the molecule is CCC(=O)OC1CN[C@H](C(=O)N(C(C)=O)c2ccc(-c3ccc(CN(C(=O)C(N)c4ccccc4)C4C(=O)N5C(C(=O)O)=C(CSc6nnnn6C)CS[C@@H]45)c(=O)[nH]3)cc2)C1. The first-order chi connectivity index (χ1) is 29.3. The summed E-state index contributed by atoms with van der Waals surface area (Å²) in [5.74, 6) is -3.47. The lowest BCUT2D eigenvalue weighted by atomic mass is 9.98. The molecule has 7 rings (SSSR count). The van der Waals surface area contributed by atoms with E-state index in [-0.39, 0.29) is 54.7 Å². The summed E-state index contributed by atoms with van der Waals surface area (Å²) in [5, 5.41) is 24.3. The third-order valence-corrected chi connectivity index (χ3v) is 12.9. The van der Waals surface area contributed by atoms with Crippen molar-refractivity contribution < 1.29 is 38.6 Å². The maximum Gasteiger partial charge on any atom is 0.352 e. The molecule has 61 heavy (non-hydrogen) atoms. The quantitative estimate of drug-likeness (QED) is 0.0797. The molecular weight excluding hydrogens is 829 g/mol. The van der Waals surface area contributed by atoms with Gasteiger partial charge in [-0.05, 0) is 51.4 Å². The molecule has 3 unspecified atom stereocenters. The number of β-lactam (4-membered cyclic amide) rings is 1. The van der Waals surface area contributed by atoms with Crippen molar-refractivity contribution in [2.75, 3.05) is 23.0 Å². The fourth-order valence-electron chi connectivity index (χ4n) is 7.36. The number of amides is 4. The van der Waals surface area contributed by atoms with Crippen LogP contribution >= 0.6 is 23.5 Å². The average molecular weight is 871 g/mol. The van der Waals surface area contributed by atoms with E-state index in [1.54, 1.807) is 74.6 Å². The number of nitrogens with zero attached hydrogens (tertiary/aromatic N) is 7. The Morgan fingerprint density at radius 1 is 1.07 bits per heavy atom. The Hall–Kier alpha value is -6.16. The molecule has 4 amide bonds. The van der Waals surface area contributed by atoms with Gasteiger partial charge in [-0.25, -0.2) is 14.4 Å². The highest BCUT2D eigenvalue weighted by Gasteiger charge is 2.57. The topological polar surface area (TPSA) is 256 Å². The highest BCUT2D eigenvalue weighted by Crippen LogP contribution is 2.44. The number of fused-ring (bicyclic) bond motifs is 1. The van der Waals surface area contributed by atoms with Gasteiger partial charge in [0.15, 0.2) is 0 Å². The maximum absolute atomic E-state index is 14.3. The molecule has 21 heteroatoms. The summed E-state index contributed by atoms with van der Waals surface area (Å²) in [7, 11) is 1.66. The number of benzene rings is 2. The first kappa shape index (κ1) is 42.9. The molecule has 5 N–H and O–H groups in total. The molecule has 3 aliphatic rings. The third-order valence-electron chi connectivity index (χ3n) is 10.5. The summed E-state index contributed by atoms with van der Waals surface area (Å²) in [6.07, 6.45) is -0.0615. The van der Waals surface area contributed by atoms with E-state index in [0.717, 1.165) is 4.90 Å². The standard InChI is InChI=1S/C40H42N10O9S2/c1-4-30(52)59-27-16-29(42-17-27)35(54)49(21(2)51)26-13-10-22(11-14-26)28-15-12-24(34(53)43-28)18-48(36(55)31(41)23-8-6-5-7-9-23)33-37(56)50-32(39(57)58)25(19-60-38(33)50)20-61-40-44-45-46-47(40)3/h5-15,27,29,31,33,38,42H,4,16-20,41H2,1-3H3,(H,43,53)(H,57,58)/t27?,29-,31?,33?,38-/m0/s1. The smallest absolute Gasteiger partial charge is 0.352 e. The lowest BCUT2D eigenvalue weighted by Crippen LogP contribution is -2.71. The van der Waals surface area contributed by atoms with Crippen LogP contribution in [-0.2, 0) is 47.1 Å². The van der Waals surface area contributed by atoms with Crippen molar-refractivity contribution in [1.29, 1.82) is 0 Å². The number of carboxylic acids is 1. The van der Waals surface area contributed by atoms with Gasteiger partial charge in [0.1, 0.15) is 29.3 Å². The van der Waals surface area contributed by atoms with Crippen molar-refractivity contribution in [1.82, 2.24) is 40.3 Å². The van der Waals surface area contributed by atoms with Crippen molar-refractivity contribution >= 4 is 64.8 Å². The largest absolute Gasteiger partial charge is 0.477 e. The number of nitrogens with two attached hydrogens (primary N) is 1. The van der Waals surface area contributed by atoms with Gasteiger partial charge in [0.05, 0.1) is 18.3 Å². The second-order valence-corrected chi connectivity index (χ2v) is 16.5. The van der Waals surface area contributed by atoms with Crippen molar-refractivity contribution in [2.45, 2.75) is 68.0 Å². The molecule has 2 aromatic carbocycles. The Kier molecular flexibility index (Phi) is 12.8. The molecule has 318 valence electrons. The molecule has 5 heterocycles. The van der Waals surface area contributed by atoms with Gasteiger partial charge in [-0.2, -0.15) is 0 Å². The summed E-state index contributed by atoms with van der Waals surface area (Å²) in [5.41, 5.74) is 8.13. The number of carboxylic acid groups (broad SMARTS) is 1. The van der Waals surface area contributed by atoms with E-state index < -0.39 is 64.8 Å². The van der Waals surface area contributed by atoms with Crippen molar-refractivity contribution in [3.63, 3.8) is 0 Å². The Labute approximate surface area is 357 Å². The van der Waals surface area contributed by atoms with Crippen LogP contribution in [0.1, 0.15) is 43.9 Å².